The first kappa shape index (κ1) is 17.4. The summed E-state index contributed by atoms with van der Waals surface area (Å²) in [4.78, 5) is 26.5. The lowest BCUT2D eigenvalue weighted by Crippen LogP contribution is -2.30. The zero-order valence-corrected chi connectivity index (χ0v) is 15.1. The molecule has 0 fully saturated rings. The van der Waals surface area contributed by atoms with Gasteiger partial charge < -0.3 is 9.15 Å². The molecule has 0 aliphatic carbocycles. The van der Waals surface area contributed by atoms with Crippen LogP contribution in [-0.4, -0.2) is 32.4 Å². The summed E-state index contributed by atoms with van der Waals surface area (Å²) in [7, 11) is 0. The number of pyridine rings is 1. The van der Waals surface area contributed by atoms with Crippen LogP contribution in [0.2, 0.25) is 0 Å². The Morgan fingerprint density at radius 2 is 2.04 bits per heavy atom. The highest BCUT2D eigenvalue weighted by atomic mass is 16.5. The van der Waals surface area contributed by atoms with E-state index in [1.54, 1.807) is 12.4 Å². The fourth-order valence-electron chi connectivity index (χ4n) is 3.13. The smallest absolute Gasteiger partial charge is 0.303 e. The van der Waals surface area contributed by atoms with Crippen LogP contribution in [0.25, 0.3) is 11.4 Å². The lowest BCUT2D eigenvalue weighted by molar-refractivity contribution is -0.142. The molecule has 3 aromatic heterocycles. The Morgan fingerprint density at radius 1 is 1.22 bits per heavy atom. The van der Waals surface area contributed by atoms with Crippen molar-refractivity contribution in [2.45, 2.75) is 33.0 Å². The molecule has 7 heteroatoms. The lowest BCUT2D eigenvalue weighted by Gasteiger charge is -2.27. The van der Waals surface area contributed by atoms with Crippen LogP contribution in [0.3, 0.4) is 0 Å². The molecule has 4 rings (SSSR count). The number of hydrogen-bond donors (Lipinski definition) is 0. The molecule has 0 spiro atoms. The number of esters is 1. The highest BCUT2D eigenvalue weighted by Gasteiger charge is 2.20. The van der Waals surface area contributed by atoms with Crippen LogP contribution in [0.1, 0.15) is 29.7 Å². The normalized spacial score (nSPS) is 14.0. The van der Waals surface area contributed by atoms with Crippen LogP contribution in [0.4, 0.5) is 0 Å². The van der Waals surface area contributed by atoms with E-state index < -0.39 is 0 Å². The van der Waals surface area contributed by atoms with Gasteiger partial charge in [-0.25, -0.2) is 9.97 Å². The molecule has 0 bridgehead atoms. The molecule has 0 aromatic carbocycles. The van der Waals surface area contributed by atoms with Crippen molar-refractivity contribution in [2.75, 3.05) is 6.54 Å². The average molecular weight is 364 g/mol. The molecular weight excluding hydrogens is 344 g/mol. The van der Waals surface area contributed by atoms with Crippen molar-refractivity contribution < 1.29 is 13.9 Å². The Morgan fingerprint density at radius 3 is 2.85 bits per heavy atom. The Labute approximate surface area is 157 Å². The van der Waals surface area contributed by atoms with E-state index >= 15 is 0 Å². The summed E-state index contributed by atoms with van der Waals surface area (Å²) in [6.07, 6.45) is 6.29. The maximum absolute atomic E-state index is 10.9. The number of aromatic nitrogens is 3. The summed E-state index contributed by atoms with van der Waals surface area (Å²) in [5.74, 6) is 1.94. The van der Waals surface area contributed by atoms with Crippen LogP contribution >= 0.6 is 0 Å². The molecule has 0 unspecified atom stereocenters. The summed E-state index contributed by atoms with van der Waals surface area (Å²) in [6, 6.07) is 7.61. The second kappa shape index (κ2) is 7.67. The van der Waals surface area contributed by atoms with Crippen LogP contribution < -0.4 is 0 Å². The molecule has 7 nitrogen and oxygen atoms in total. The van der Waals surface area contributed by atoms with Gasteiger partial charge in [0.2, 0.25) is 0 Å². The first-order chi connectivity index (χ1) is 13.2. The van der Waals surface area contributed by atoms with Gasteiger partial charge in [-0.15, -0.1) is 0 Å². The standard InChI is InChI=1S/C20H20N4O3/c1-14(25)26-13-18-3-2-17(27-18)12-24-9-6-19-16(11-24)10-22-20(23-19)15-4-7-21-8-5-15/h2-5,7-8,10H,6,9,11-13H2,1H3. The van der Waals surface area contributed by atoms with Crippen LogP contribution in [0, 0.1) is 0 Å². The van der Waals surface area contributed by atoms with E-state index in [0.29, 0.717) is 12.3 Å². The van der Waals surface area contributed by atoms with Gasteiger partial charge in [-0.05, 0) is 24.3 Å². The van der Waals surface area contributed by atoms with Crippen molar-refractivity contribution in [3.63, 3.8) is 0 Å². The summed E-state index contributed by atoms with van der Waals surface area (Å²) in [6.45, 7) is 3.94. The van der Waals surface area contributed by atoms with E-state index in [4.69, 9.17) is 14.1 Å². The minimum atomic E-state index is -0.313. The predicted octanol–water partition coefficient (Wildman–Crippen LogP) is 2.75. The van der Waals surface area contributed by atoms with Gasteiger partial charge in [-0.2, -0.15) is 0 Å². The number of rotatable bonds is 5. The molecule has 138 valence electrons. The summed E-state index contributed by atoms with van der Waals surface area (Å²) in [5, 5.41) is 0. The van der Waals surface area contributed by atoms with Gasteiger partial charge in [0, 0.05) is 56.2 Å². The number of nitrogens with zero attached hydrogens (tertiary/aromatic N) is 4. The molecule has 0 N–H and O–H groups in total. The van der Waals surface area contributed by atoms with Crippen molar-refractivity contribution in [1.29, 1.82) is 0 Å². The Hall–Kier alpha value is -3.06. The average Bonchev–Trinajstić information content (AvgIpc) is 3.14. The molecule has 0 atom stereocenters. The maximum atomic E-state index is 10.9. The molecule has 27 heavy (non-hydrogen) atoms. The molecule has 4 heterocycles. The van der Waals surface area contributed by atoms with Gasteiger partial charge in [0.1, 0.15) is 18.1 Å². The fraction of sp³-hybridized carbons (Fsp3) is 0.300. The van der Waals surface area contributed by atoms with Crippen molar-refractivity contribution in [3.8, 4) is 11.4 Å². The third-order valence-corrected chi connectivity index (χ3v) is 4.47. The van der Waals surface area contributed by atoms with Gasteiger partial charge in [0.05, 0.1) is 12.2 Å². The highest BCUT2D eigenvalue weighted by Crippen LogP contribution is 2.22. The van der Waals surface area contributed by atoms with Crippen molar-refractivity contribution in [1.82, 2.24) is 19.9 Å². The number of hydrogen-bond acceptors (Lipinski definition) is 7. The second-order valence-electron chi connectivity index (χ2n) is 6.51. The minimum absolute atomic E-state index is 0.170. The summed E-state index contributed by atoms with van der Waals surface area (Å²) in [5.41, 5.74) is 3.22. The first-order valence-corrected chi connectivity index (χ1v) is 8.86. The maximum Gasteiger partial charge on any atom is 0.303 e. The van der Waals surface area contributed by atoms with Crippen molar-refractivity contribution in [3.05, 3.63) is 65.6 Å². The largest absolute Gasteiger partial charge is 0.461 e. The number of furan rings is 1. The van der Waals surface area contributed by atoms with Crippen molar-refractivity contribution in [2.24, 2.45) is 0 Å². The van der Waals surface area contributed by atoms with E-state index in [0.717, 1.165) is 47.9 Å². The number of carbonyl (C=O) groups excluding carboxylic acids is 1. The molecular formula is C20H20N4O3. The topological polar surface area (TPSA) is 81.4 Å². The minimum Gasteiger partial charge on any atom is -0.461 e. The van der Waals surface area contributed by atoms with Gasteiger partial charge in [-0.3, -0.25) is 14.7 Å². The number of ether oxygens (including phenoxy) is 1. The van der Waals surface area contributed by atoms with Gasteiger partial charge in [-0.1, -0.05) is 0 Å². The molecule has 0 radical (unpaired) electrons. The SMILES string of the molecule is CC(=O)OCc1ccc(CN2CCc3nc(-c4ccncc4)ncc3C2)o1. The van der Waals surface area contributed by atoms with Crippen molar-refractivity contribution >= 4 is 5.97 Å². The van der Waals surface area contributed by atoms with E-state index in [-0.39, 0.29) is 12.6 Å². The van der Waals surface area contributed by atoms with Gasteiger partial charge >= 0.3 is 5.97 Å². The fourth-order valence-corrected chi connectivity index (χ4v) is 3.13. The third-order valence-electron chi connectivity index (χ3n) is 4.47. The second-order valence-corrected chi connectivity index (χ2v) is 6.51. The molecule has 3 aromatic rings. The molecule has 0 saturated heterocycles. The third kappa shape index (κ3) is 4.20. The molecule has 1 aliphatic rings. The van der Waals surface area contributed by atoms with E-state index in [1.807, 2.05) is 30.5 Å². The van der Waals surface area contributed by atoms with E-state index in [1.165, 1.54) is 6.92 Å². The number of carbonyl (C=O) groups is 1. The lowest BCUT2D eigenvalue weighted by atomic mass is 10.1. The monoisotopic (exact) mass is 364 g/mol. The van der Waals surface area contributed by atoms with E-state index in [2.05, 4.69) is 14.9 Å². The summed E-state index contributed by atoms with van der Waals surface area (Å²) < 4.78 is 10.7. The molecule has 1 aliphatic heterocycles. The zero-order valence-electron chi connectivity index (χ0n) is 15.1. The summed E-state index contributed by atoms with van der Waals surface area (Å²) >= 11 is 0. The Balaban J connectivity index is 1.41. The van der Waals surface area contributed by atoms with Gasteiger partial charge in [0.15, 0.2) is 5.82 Å². The Kier molecular flexibility index (Phi) is 4.93. The quantitative estimate of drug-likeness (QED) is 0.644. The zero-order chi connectivity index (χ0) is 18.6. The number of fused-ring (bicyclic) bond motifs is 1. The molecule has 0 saturated carbocycles. The first-order valence-electron chi connectivity index (χ1n) is 8.86. The Bertz CT molecular complexity index is 939. The predicted molar refractivity (Wildman–Crippen MR) is 97.3 cm³/mol. The highest BCUT2D eigenvalue weighted by molar-refractivity contribution is 5.65. The van der Waals surface area contributed by atoms with Crippen LogP contribution in [-0.2, 0) is 35.6 Å². The van der Waals surface area contributed by atoms with Crippen LogP contribution in [0.5, 0.6) is 0 Å². The van der Waals surface area contributed by atoms with Crippen LogP contribution in [0.15, 0.2) is 47.3 Å². The van der Waals surface area contributed by atoms with Gasteiger partial charge in [0.25, 0.3) is 0 Å². The molecule has 0 amide bonds. The van der Waals surface area contributed by atoms with E-state index in [9.17, 15) is 4.79 Å².